The Hall–Kier alpha value is 0.470. The van der Waals surface area contributed by atoms with Gasteiger partial charge >= 0.3 is 8.26 Å². The fraction of sp³-hybridized carbons (Fsp3) is 0.500. The minimum atomic E-state index is -3.72. The van der Waals surface area contributed by atoms with Crippen LogP contribution in [0.4, 0.5) is 0 Å². The molecule has 0 aromatic rings. The van der Waals surface area contributed by atoms with Crippen LogP contribution in [0.5, 0.6) is 0 Å². The maximum atomic E-state index is 10.5. The smallest absolute Gasteiger partial charge is 0.195 e. The van der Waals surface area contributed by atoms with Gasteiger partial charge in [0.25, 0.3) is 9.24 Å². The zero-order chi connectivity index (χ0) is 11.4. The highest BCUT2D eigenvalue weighted by molar-refractivity contribution is 8.31. The number of nitrogens with zero attached hydrogens (tertiary/aromatic N) is 1. The molecule has 84 valence electrons. The molecule has 0 radical (unpaired) electrons. The van der Waals surface area contributed by atoms with Crippen LogP contribution >= 0.6 is 32.0 Å². The van der Waals surface area contributed by atoms with Crippen LogP contribution in [-0.4, -0.2) is 34.2 Å². The molecule has 10 heteroatoms. The molecule has 0 N–H and O–H groups in total. The van der Waals surface area contributed by atoms with E-state index in [1.807, 2.05) is 0 Å². The first kappa shape index (κ1) is 14.5. The van der Waals surface area contributed by atoms with E-state index in [0.717, 1.165) is 0 Å². The summed E-state index contributed by atoms with van der Waals surface area (Å²) in [6, 6.07) is 0. The first-order chi connectivity index (χ1) is 6.11. The van der Waals surface area contributed by atoms with E-state index in [2.05, 4.69) is 21.4 Å². The molecular formula is C4H6Cl3NO4S2. The summed E-state index contributed by atoms with van der Waals surface area (Å²) in [6.45, 7) is 0.817. The monoisotopic (exact) mass is 301 g/mol. The summed E-state index contributed by atoms with van der Waals surface area (Å²) in [5.41, 5.74) is 0. The van der Waals surface area contributed by atoms with E-state index < -0.39 is 17.5 Å². The Balaban J connectivity index is 0.000000292. The van der Waals surface area contributed by atoms with Gasteiger partial charge in [-0.3, -0.25) is 0 Å². The lowest BCUT2D eigenvalue weighted by molar-refractivity contribution is 0.503. The Morgan fingerprint density at radius 1 is 0.929 bits per heavy atom. The van der Waals surface area contributed by atoms with E-state index >= 15 is 0 Å². The lowest BCUT2D eigenvalue weighted by Crippen LogP contribution is -2.23. The van der Waals surface area contributed by atoms with Crippen molar-refractivity contribution in [1.29, 1.82) is 0 Å². The van der Waals surface area contributed by atoms with Crippen LogP contribution < -0.4 is 0 Å². The van der Waals surface area contributed by atoms with E-state index in [1.165, 1.54) is 4.31 Å². The SMILES string of the molecule is O=S(=O)(Cl)Cl.O=S(=O)(Cl)N1CC=CC1. The molecule has 0 atom stereocenters. The third-order valence-electron chi connectivity index (χ3n) is 1.09. The summed E-state index contributed by atoms with van der Waals surface area (Å²) in [4.78, 5) is 0. The summed E-state index contributed by atoms with van der Waals surface area (Å²) >= 11 is 0. The molecule has 0 amide bonds. The predicted molar refractivity (Wildman–Crippen MR) is 56.1 cm³/mol. The first-order valence-corrected chi connectivity index (χ1v) is 8.50. The van der Waals surface area contributed by atoms with E-state index in [4.69, 9.17) is 19.1 Å². The average Bonchev–Trinajstić information content (AvgIpc) is 2.28. The summed E-state index contributed by atoms with van der Waals surface area (Å²) in [5.74, 6) is 0. The maximum absolute atomic E-state index is 10.5. The Labute approximate surface area is 95.7 Å². The molecule has 0 aromatic heterocycles. The van der Waals surface area contributed by atoms with Crippen LogP contribution in [-0.2, 0) is 17.5 Å². The van der Waals surface area contributed by atoms with Gasteiger partial charge in [-0.1, -0.05) is 12.2 Å². The topological polar surface area (TPSA) is 71.5 Å². The van der Waals surface area contributed by atoms with Gasteiger partial charge in [0.1, 0.15) is 0 Å². The van der Waals surface area contributed by atoms with E-state index in [9.17, 15) is 8.42 Å². The number of halogens is 3. The van der Waals surface area contributed by atoms with Crippen molar-refractivity contribution >= 4 is 49.5 Å². The van der Waals surface area contributed by atoms with Gasteiger partial charge in [0.2, 0.25) is 0 Å². The van der Waals surface area contributed by atoms with Crippen LogP contribution in [0.25, 0.3) is 0 Å². The van der Waals surface area contributed by atoms with Crippen molar-refractivity contribution in [2.45, 2.75) is 0 Å². The minimum Gasteiger partial charge on any atom is -0.195 e. The zero-order valence-corrected chi connectivity index (χ0v) is 10.5. The van der Waals surface area contributed by atoms with Crippen molar-refractivity contribution in [3.8, 4) is 0 Å². The largest absolute Gasteiger partial charge is 0.317 e. The molecule has 0 saturated carbocycles. The molecule has 14 heavy (non-hydrogen) atoms. The Bertz CT molecular complexity index is 384. The quantitative estimate of drug-likeness (QED) is 0.536. The highest BCUT2D eigenvalue weighted by Crippen LogP contribution is 2.09. The fourth-order valence-corrected chi connectivity index (χ4v) is 1.50. The maximum Gasteiger partial charge on any atom is 0.317 e. The van der Waals surface area contributed by atoms with Gasteiger partial charge < -0.3 is 0 Å². The highest BCUT2D eigenvalue weighted by atomic mass is 36.0. The Morgan fingerprint density at radius 3 is 1.36 bits per heavy atom. The molecule has 1 aliphatic rings. The molecule has 0 fully saturated rings. The number of rotatable bonds is 1. The second kappa shape index (κ2) is 5.53. The van der Waals surface area contributed by atoms with Crippen LogP contribution in [0.1, 0.15) is 0 Å². The normalized spacial score (nSPS) is 17.6. The number of hydrogen-bond acceptors (Lipinski definition) is 4. The highest BCUT2D eigenvalue weighted by Gasteiger charge is 2.18. The number of hydrogen-bond donors (Lipinski definition) is 0. The zero-order valence-electron chi connectivity index (χ0n) is 6.60. The molecule has 5 nitrogen and oxygen atoms in total. The van der Waals surface area contributed by atoms with Gasteiger partial charge in [-0.05, 0) is 0 Å². The van der Waals surface area contributed by atoms with E-state index in [-0.39, 0.29) is 0 Å². The van der Waals surface area contributed by atoms with Gasteiger partial charge in [-0.2, -0.15) is 21.1 Å². The summed E-state index contributed by atoms with van der Waals surface area (Å²) in [5, 5.41) is 0. The van der Waals surface area contributed by atoms with Gasteiger partial charge in [0, 0.05) is 45.1 Å². The van der Waals surface area contributed by atoms with Crippen molar-refractivity contribution in [1.82, 2.24) is 4.31 Å². The molecule has 0 aliphatic carbocycles. The lowest BCUT2D eigenvalue weighted by atomic mass is 10.6. The molecule has 1 aliphatic heterocycles. The minimum absolute atomic E-state index is 0.409. The van der Waals surface area contributed by atoms with Gasteiger partial charge in [-0.25, -0.2) is 0 Å². The summed E-state index contributed by atoms with van der Waals surface area (Å²) in [7, 11) is 6.35. The molecule has 0 spiro atoms. The Morgan fingerprint density at radius 2 is 1.21 bits per heavy atom. The van der Waals surface area contributed by atoms with Crippen LogP contribution in [0.15, 0.2) is 12.2 Å². The van der Waals surface area contributed by atoms with Crippen LogP contribution in [0.2, 0.25) is 0 Å². The molecule has 0 saturated heterocycles. The Kier molecular flexibility index (Phi) is 5.71. The second-order valence-electron chi connectivity index (χ2n) is 2.11. The van der Waals surface area contributed by atoms with Crippen LogP contribution in [0.3, 0.4) is 0 Å². The summed E-state index contributed by atoms with van der Waals surface area (Å²) < 4.78 is 40.5. The van der Waals surface area contributed by atoms with E-state index in [0.29, 0.717) is 13.1 Å². The van der Waals surface area contributed by atoms with Gasteiger partial charge in [0.05, 0.1) is 0 Å². The standard InChI is InChI=1S/C4H6ClNO2S.Cl2O2S/c5-9(7,8)6-3-1-2-4-6;1-5(2,3)4/h1-2H,3-4H2;. The van der Waals surface area contributed by atoms with Crippen molar-refractivity contribution in [2.24, 2.45) is 0 Å². The second-order valence-corrected chi connectivity index (χ2v) is 8.29. The van der Waals surface area contributed by atoms with Crippen molar-refractivity contribution in [3.63, 3.8) is 0 Å². The van der Waals surface area contributed by atoms with Gasteiger partial charge in [-0.15, -0.1) is 0 Å². The van der Waals surface area contributed by atoms with Crippen molar-refractivity contribution < 1.29 is 16.8 Å². The molecule has 0 aromatic carbocycles. The van der Waals surface area contributed by atoms with E-state index in [1.54, 1.807) is 12.2 Å². The van der Waals surface area contributed by atoms with Gasteiger partial charge in [0.15, 0.2) is 0 Å². The summed E-state index contributed by atoms with van der Waals surface area (Å²) in [6.07, 6.45) is 3.53. The average molecular weight is 303 g/mol. The molecule has 1 rings (SSSR count). The third-order valence-corrected chi connectivity index (χ3v) is 2.59. The molecule has 1 heterocycles. The molecule has 0 unspecified atom stereocenters. The van der Waals surface area contributed by atoms with Crippen molar-refractivity contribution in [3.05, 3.63) is 12.2 Å². The molecular weight excluding hydrogens is 297 g/mol. The molecule has 0 bridgehead atoms. The predicted octanol–water partition coefficient (Wildman–Crippen LogP) is 1.05. The lowest BCUT2D eigenvalue weighted by Gasteiger charge is -2.07. The fourth-order valence-electron chi connectivity index (χ4n) is 0.637. The van der Waals surface area contributed by atoms with Crippen LogP contribution in [0, 0.1) is 0 Å². The van der Waals surface area contributed by atoms with Crippen molar-refractivity contribution in [2.75, 3.05) is 13.1 Å². The third kappa shape index (κ3) is 9.04. The first-order valence-electron chi connectivity index (χ1n) is 3.09.